The van der Waals surface area contributed by atoms with Crippen molar-refractivity contribution < 1.29 is 9.18 Å². The van der Waals surface area contributed by atoms with E-state index in [1.54, 1.807) is 24.5 Å². The van der Waals surface area contributed by atoms with E-state index in [1.807, 2.05) is 0 Å². The van der Waals surface area contributed by atoms with Crippen LogP contribution in [0.3, 0.4) is 0 Å². The SMILES string of the molecule is CN1CCN(C2CC=C(N)Cc3[nH]c(C4=NCNc5cc(F)c(-c6cncc(NC(=O)C7CCCCC7)c6)cc54)nc32)CC1. The molecule has 1 aromatic carbocycles. The number of hydrogen-bond donors (Lipinski definition) is 4. The molecular formula is C33H40FN9O. The van der Waals surface area contributed by atoms with Crippen LogP contribution >= 0.6 is 0 Å². The van der Waals surface area contributed by atoms with E-state index < -0.39 is 0 Å². The molecule has 2 aliphatic heterocycles. The highest BCUT2D eigenvalue weighted by atomic mass is 19.1. The number of nitrogens with one attached hydrogen (secondary N) is 3. The van der Waals surface area contributed by atoms with Crippen LogP contribution in [0.15, 0.2) is 47.4 Å². The summed E-state index contributed by atoms with van der Waals surface area (Å²) in [6.45, 7) is 4.30. The molecule has 3 aromatic rings. The molecule has 1 amide bonds. The highest BCUT2D eigenvalue weighted by Crippen LogP contribution is 2.35. The molecule has 1 atom stereocenters. The number of halogens is 1. The summed E-state index contributed by atoms with van der Waals surface area (Å²) in [5.74, 6) is 0.313. The lowest BCUT2D eigenvalue weighted by molar-refractivity contribution is -0.120. The van der Waals surface area contributed by atoms with Crippen molar-refractivity contribution in [2.24, 2.45) is 16.6 Å². The second kappa shape index (κ2) is 12.1. The van der Waals surface area contributed by atoms with Gasteiger partial charge in [-0.2, -0.15) is 0 Å². The summed E-state index contributed by atoms with van der Waals surface area (Å²) in [4.78, 5) is 35.5. The Bertz CT molecular complexity index is 1620. The van der Waals surface area contributed by atoms with Gasteiger partial charge in [-0.3, -0.25) is 19.7 Å². The standard InChI is InChI=1S/C33H40FN9O/c1-42-9-11-43(12-10-42)29-8-7-22(35)14-28-31(29)41-32(40-28)30-25-15-24(26(34)16-27(25)37-19-38-30)21-13-23(18-36-17-21)39-33(44)20-5-3-2-4-6-20/h7,13,15-18,20,29,37H,2-6,8-12,14,19,35H2,1H3,(H,39,44)(H,40,41). The number of piperazine rings is 1. The number of aromatic amines is 1. The van der Waals surface area contributed by atoms with Gasteiger partial charge in [0.1, 0.15) is 18.2 Å². The number of amides is 1. The quantitative estimate of drug-likeness (QED) is 0.343. The maximum absolute atomic E-state index is 15.6. The predicted octanol–water partition coefficient (Wildman–Crippen LogP) is 4.43. The first-order valence-electron chi connectivity index (χ1n) is 15.8. The number of anilines is 2. The number of aliphatic imine (C=N–C) groups is 1. The number of carbonyl (C=O) groups excluding carboxylic acids is 1. The first-order valence-corrected chi connectivity index (χ1v) is 15.8. The molecule has 2 aromatic heterocycles. The van der Waals surface area contributed by atoms with Gasteiger partial charge < -0.3 is 26.3 Å². The zero-order valence-electron chi connectivity index (χ0n) is 25.2. The summed E-state index contributed by atoms with van der Waals surface area (Å²) >= 11 is 0. The van der Waals surface area contributed by atoms with Crippen molar-refractivity contribution >= 4 is 23.0 Å². The third-order valence-corrected chi connectivity index (χ3v) is 9.48. The van der Waals surface area contributed by atoms with Crippen molar-refractivity contribution in [2.45, 2.75) is 51.0 Å². The molecule has 1 saturated heterocycles. The van der Waals surface area contributed by atoms with E-state index in [9.17, 15) is 4.79 Å². The fraction of sp³-hybridized carbons (Fsp3) is 0.455. The Balaban J connectivity index is 1.19. The van der Waals surface area contributed by atoms with Crippen molar-refractivity contribution in [1.82, 2.24) is 24.8 Å². The smallest absolute Gasteiger partial charge is 0.227 e. The Morgan fingerprint density at radius 1 is 1.07 bits per heavy atom. The summed E-state index contributed by atoms with van der Waals surface area (Å²) in [7, 11) is 2.16. The van der Waals surface area contributed by atoms with E-state index in [2.05, 4.69) is 43.5 Å². The van der Waals surface area contributed by atoms with Crippen molar-refractivity contribution in [3.63, 3.8) is 0 Å². The van der Waals surface area contributed by atoms with Gasteiger partial charge >= 0.3 is 0 Å². The molecule has 230 valence electrons. The fourth-order valence-electron chi connectivity index (χ4n) is 6.94. The second-order valence-corrected chi connectivity index (χ2v) is 12.5. The first kappa shape index (κ1) is 28.7. The van der Waals surface area contributed by atoms with E-state index in [0.717, 1.165) is 80.9 Å². The zero-order valence-corrected chi connectivity index (χ0v) is 25.2. The number of fused-ring (bicyclic) bond motifs is 2. The van der Waals surface area contributed by atoms with E-state index in [4.69, 9.17) is 15.7 Å². The number of imidazole rings is 1. The number of aromatic nitrogens is 3. The number of nitrogens with two attached hydrogens (primary N) is 1. The van der Waals surface area contributed by atoms with Gasteiger partial charge in [0.25, 0.3) is 0 Å². The maximum atomic E-state index is 15.6. The number of benzene rings is 1. The molecule has 1 saturated carbocycles. The van der Waals surface area contributed by atoms with Gasteiger partial charge in [-0.1, -0.05) is 25.3 Å². The number of likely N-dealkylation sites (N-methyl/N-ethyl adjacent to an activating group) is 1. The third-order valence-electron chi connectivity index (χ3n) is 9.48. The Morgan fingerprint density at radius 2 is 1.89 bits per heavy atom. The Hall–Kier alpha value is -4.09. The lowest BCUT2D eigenvalue weighted by atomic mass is 9.88. The Morgan fingerprint density at radius 3 is 2.70 bits per heavy atom. The molecule has 44 heavy (non-hydrogen) atoms. The van der Waals surface area contributed by atoms with E-state index in [1.165, 1.54) is 12.5 Å². The summed E-state index contributed by atoms with van der Waals surface area (Å²) < 4.78 is 15.6. The zero-order chi connectivity index (χ0) is 30.2. The Kier molecular flexibility index (Phi) is 7.90. The number of hydrogen-bond acceptors (Lipinski definition) is 8. The predicted molar refractivity (Wildman–Crippen MR) is 170 cm³/mol. The van der Waals surface area contributed by atoms with Crippen molar-refractivity contribution in [3.8, 4) is 11.1 Å². The van der Waals surface area contributed by atoms with Crippen LogP contribution in [0.25, 0.3) is 11.1 Å². The van der Waals surface area contributed by atoms with Gasteiger partial charge in [-0.25, -0.2) is 9.37 Å². The molecule has 2 fully saturated rings. The number of rotatable bonds is 5. The van der Waals surface area contributed by atoms with Crippen molar-refractivity contribution in [3.05, 3.63) is 71.0 Å². The van der Waals surface area contributed by atoms with Gasteiger partial charge in [0, 0.05) is 78.5 Å². The molecule has 1 unspecified atom stereocenters. The molecule has 0 bridgehead atoms. The molecular weight excluding hydrogens is 557 g/mol. The van der Waals surface area contributed by atoms with Gasteiger partial charge in [0.05, 0.1) is 23.6 Å². The van der Waals surface area contributed by atoms with Crippen LogP contribution in [0.4, 0.5) is 15.8 Å². The fourth-order valence-corrected chi connectivity index (χ4v) is 6.94. The topological polar surface area (TPSA) is 128 Å². The van der Waals surface area contributed by atoms with E-state index in [-0.39, 0.29) is 23.7 Å². The van der Waals surface area contributed by atoms with Crippen LogP contribution in [0, 0.1) is 11.7 Å². The molecule has 0 spiro atoms. The molecule has 4 heterocycles. The summed E-state index contributed by atoms with van der Waals surface area (Å²) in [6.07, 6.45) is 11.9. The summed E-state index contributed by atoms with van der Waals surface area (Å²) in [6, 6.07) is 5.23. The molecule has 0 radical (unpaired) electrons. The van der Waals surface area contributed by atoms with Gasteiger partial charge in [-0.05, 0) is 44.5 Å². The van der Waals surface area contributed by atoms with Gasteiger partial charge in [0.15, 0.2) is 5.82 Å². The molecule has 2 aliphatic carbocycles. The van der Waals surface area contributed by atoms with E-state index >= 15 is 4.39 Å². The average Bonchev–Trinajstić information content (AvgIpc) is 3.37. The number of allylic oxidation sites excluding steroid dienone is 1. The molecule has 10 nitrogen and oxygen atoms in total. The van der Waals surface area contributed by atoms with Crippen LogP contribution in [-0.2, 0) is 11.2 Å². The van der Waals surface area contributed by atoms with Crippen LogP contribution in [0.5, 0.6) is 0 Å². The molecule has 11 heteroatoms. The lowest BCUT2D eigenvalue weighted by Gasteiger charge is -2.37. The Labute approximate surface area is 257 Å². The summed E-state index contributed by atoms with van der Waals surface area (Å²) in [5.41, 5.74) is 12.9. The second-order valence-electron chi connectivity index (χ2n) is 12.5. The summed E-state index contributed by atoms with van der Waals surface area (Å²) in [5, 5.41) is 6.23. The average molecular weight is 598 g/mol. The molecule has 4 aliphatic rings. The largest absolute Gasteiger partial charge is 0.402 e. The normalized spacial score (nSPS) is 21.4. The molecule has 5 N–H and O–H groups in total. The van der Waals surface area contributed by atoms with Crippen LogP contribution in [0.2, 0.25) is 0 Å². The van der Waals surface area contributed by atoms with Crippen LogP contribution in [-0.4, -0.2) is 76.3 Å². The molecule has 7 rings (SSSR count). The van der Waals surface area contributed by atoms with Crippen molar-refractivity contribution in [2.75, 3.05) is 50.5 Å². The third kappa shape index (κ3) is 5.73. The minimum atomic E-state index is -0.377. The first-order chi connectivity index (χ1) is 21.4. The van der Waals surface area contributed by atoms with Gasteiger partial charge in [0.2, 0.25) is 5.91 Å². The van der Waals surface area contributed by atoms with Crippen LogP contribution < -0.4 is 16.4 Å². The minimum absolute atomic E-state index is 0.0103. The monoisotopic (exact) mass is 597 g/mol. The number of pyridine rings is 1. The number of nitrogens with zero attached hydrogens (tertiary/aromatic N) is 5. The minimum Gasteiger partial charge on any atom is -0.402 e. The highest BCUT2D eigenvalue weighted by molar-refractivity contribution is 6.15. The van der Waals surface area contributed by atoms with Crippen molar-refractivity contribution in [1.29, 1.82) is 0 Å². The maximum Gasteiger partial charge on any atom is 0.227 e. The number of H-pyrrole nitrogens is 1. The van der Waals surface area contributed by atoms with E-state index in [0.29, 0.717) is 47.1 Å². The van der Waals surface area contributed by atoms with Crippen LogP contribution in [0.1, 0.15) is 67.3 Å². The highest BCUT2D eigenvalue weighted by Gasteiger charge is 2.31. The van der Waals surface area contributed by atoms with Gasteiger partial charge in [-0.15, -0.1) is 0 Å². The lowest BCUT2D eigenvalue weighted by Crippen LogP contribution is -2.46. The number of carbonyl (C=O) groups is 1.